The van der Waals surface area contributed by atoms with Crippen LogP contribution in [0.3, 0.4) is 0 Å². The van der Waals surface area contributed by atoms with E-state index < -0.39 is 0 Å². The molecule has 154 valence electrons. The summed E-state index contributed by atoms with van der Waals surface area (Å²) in [7, 11) is 0. The van der Waals surface area contributed by atoms with Crippen LogP contribution >= 0.6 is 34.5 Å². The lowest BCUT2D eigenvalue weighted by Gasteiger charge is -2.15. The summed E-state index contributed by atoms with van der Waals surface area (Å²) in [5.74, 6) is 0.691. The third-order valence-electron chi connectivity index (χ3n) is 4.69. The Bertz CT molecular complexity index is 1170. The van der Waals surface area contributed by atoms with E-state index in [1.807, 2.05) is 6.07 Å². The molecule has 3 nitrogen and oxygen atoms in total. The molecule has 6 heteroatoms. The van der Waals surface area contributed by atoms with Crippen LogP contribution in [-0.4, -0.2) is 11.6 Å². The van der Waals surface area contributed by atoms with Gasteiger partial charge in [-0.15, -0.1) is 11.3 Å². The molecule has 0 bridgehead atoms. The van der Waals surface area contributed by atoms with Crippen LogP contribution in [-0.2, 0) is 6.54 Å². The zero-order chi connectivity index (χ0) is 21.1. The second-order valence-electron chi connectivity index (χ2n) is 7.15. The van der Waals surface area contributed by atoms with Gasteiger partial charge in [-0.2, -0.15) is 0 Å². The lowest BCUT2D eigenvalue weighted by atomic mass is 10.1. The van der Waals surface area contributed by atoms with E-state index in [4.69, 9.17) is 32.9 Å². The molecule has 0 aliphatic carbocycles. The largest absolute Gasteiger partial charge is 0.492 e. The topological polar surface area (TPSA) is 34.1 Å². The minimum absolute atomic E-state index is 0.536. The van der Waals surface area contributed by atoms with Gasteiger partial charge in [0.2, 0.25) is 0 Å². The highest BCUT2D eigenvalue weighted by atomic mass is 35.5. The van der Waals surface area contributed by atoms with Gasteiger partial charge in [-0.25, -0.2) is 4.98 Å². The molecule has 0 radical (unpaired) electrons. The highest BCUT2D eigenvalue weighted by Gasteiger charge is 2.11. The molecule has 0 fully saturated rings. The van der Waals surface area contributed by atoms with Gasteiger partial charge in [0, 0.05) is 28.4 Å². The SMILES string of the molecule is CCCOc1c(Cl)cc(Cl)cc1CNc1ccc(-c2nc3ccc(C)cc3s2)cc1. The number of aryl methyl sites for hydroxylation is 1. The Morgan fingerprint density at radius 2 is 1.83 bits per heavy atom. The van der Waals surface area contributed by atoms with Crippen LogP contribution in [0.4, 0.5) is 5.69 Å². The molecule has 0 aliphatic heterocycles. The number of thiazole rings is 1. The van der Waals surface area contributed by atoms with Crippen molar-refractivity contribution in [2.75, 3.05) is 11.9 Å². The molecule has 30 heavy (non-hydrogen) atoms. The van der Waals surface area contributed by atoms with Gasteiger partial charge < -0.3 is 10.1 Å². The Balaban J connectivity index is 1.50. The second-order valence-corrected chi connectivity index (χ2v) is 9.02. The van der Waals surface area contributed by atoms with E-state index in [2.05, 4.69) is 61.6 Å². The van der Waals surface area contributed by atoms with Crippen molar-refractivity contribution >= 4 is 50.4 Å². The molecule has 0 unspecified atom stereocenters. The van der Waals surface area contributed by atoms with Crippen molar-refractivity contribution < 1.29 is 4.74 Å². The van der Waals surface area contributed by atoms with Gasteiger partial charge >= 0.3 is 0 Å². The highest BCUT2D eigenvalue weighted by Crippen LogP contribution is 2.34. The first kappa shape index (κ1) is 21.0. The van der Waals surface area contributed by atoms with Crippen LogP contribution in [0.5, 0.6) is 5.75 Å². The monoisotopic (exact) mass is 456 g/mol. The van der Waals surface area contributed by atoms with Crippen LogP contribution in [0.1, 0.15) is 24.5 Å². The van der Waals surface area contributed by atoms with Crippen LogP contribution in [0, 0.1) is 6.92 Å². The number of halogens is 2. The molecule has 0 spiro atoms. The molecular weight excluding hydrogens is 435 g/mol. The molecule has 0 atom stereocenters. The number of hydrogen-bond donors (Lipinski definition) is 1. The molecule has 1 N–H and O–H groups in total. The van der Waals surface area contributed by atoms with E-state index >= 15 is 0 Å². The Morgan fingerprint density at radius 1 is 1.03 bits per heavy atom. The quantitative estimate of drug-likeness (QED) is 0.306. The van der Waals surface area contributed by atoms with Gasteiger partial charge in [-0.05, 0) is 67.4 Å². The number of anilines is 1. The van der Waals surface area contributed by atoms with Gasteiger partial charge in [-0.1, -0.05) is 36.2 Å². The van der Waals surface area contributed by atoms with Crippen LogP contribution in [0.25, 0.3) is 20.8 Å². The third-order valence-corrected chi connectivity index (χ3v) is 6.26. The first-order chi connectivity index (χ1) is 14.5. The van der Waals surface area contributed by atoms with Gasteiger partial charge in [0.15, 0.2) is 0 Å². The summed E-state index contributed by atoms with van der Waals surface area (Å²) in [4.78, 5) is 4.76. The zero-order valence-corrected chi connectivity index (χ0v) is 19.2. The van der Waals surface area contributed by atoms with E-state index in [1.54, 1.807) is 17.4 Å². The van der Waals surface area contributed by atoms with Crippen molar-refractivity contribution in [3.8, 4) is 16.3 Å². The predicted octanol–water partition coefficient (Wildman–Crippen LogP) is 7.98. The number of rotatable bonds is 7. The first-order valence-electron chi connectivity index (χ1n) is 9.85. The highest BCUT2D eigenvalue weighted by molar-refractivity contribution is 7.21. The van der Waals surface area contributed by atoms with Crippen molar-refractivity contribution in [1.29, 1.82) is 0 Å². The smallest absolute Gasteiger partial charge is 0.142 e. The van der Waals surface area contributed by atoms with E-state index in [1.165, 1.54) is 10.3 Å². The zero-order valence-electron chi connectivity index (χ0n) is 16.8. The molecule has 0 amide bonds. The maximum atomic E-state index is 6.34. The molecular formula is C24H22Cl2N2OS. The average molecular weight is 457 g/mol. The van der Waals surface area contributed by atoms with Crippen molar-refractivity contribution in [2.24, 2.45) is 0 Å². The third kappa shape index (κ3) is 4.72. The summed E-state index contributed by atoms with van der Waals surface area (Å²) in [5.41, 5.74) is 5.35. The van der Waals surface area contributed by atoms with E-state index in [0.717, 1.165) is 33.8 Å². The maximum absolute atomic E-state index is 6.34. The van der Waals surface area contributed by atoms with E-state index in [-0.39, 0.29) is 0 Å². The van der Waals surface area contributed by atoms with Gasteiger partial charge in [0.05, 0.1) is 21.8 Å². The van der Waals surface area contributed by atoms with Crippen molar-refractivity contribution in [3.63, 3.8) is 0 Å². The number of fused-ring (bicyclic) bond motifs is 1. The van der Waals surface area contributed by atoms with Crippen molar-refractivity contribution in [2.45, 2.75) is 26.8 Å². The Kier molecular flexibility index (Phi) is 6.47. The molecule has 0 saturated carbocycles. The lowest BCUT2D eigenvalue weighted by Crippen LogP contribution is -2.05. The fraction of sp³-hybridized carbons (Fsp3) is 0.208. The Morgan fingerprint density at radius 3 is 2.60 bits per heavy atom. The summed E-state index contributed by atoms with van der Waals surface area (Å²) in [6, 6.07) is 18.3. The molecule has 0 saturated heterocycles. The molecule has 4 aromatic rings. The fourth-order valence-corrected chi connectivity index (χ4v) is 4.85. The summed E-state index contributed by atoms with van der Waals surface area (Å²) in [5, 5.41) is 5.59. The normalized spacial score (nSPS) is 11.1. The predicted molar refractivity (Wildman–Crippen MR) is 129 cm³/mol. The summed E-state index contributed by atoms with van der Waals surface area (Å²) < 4.78 is 7.05. The van der Waals surface area contributed by atoms with E-state index in [0.29, 0.717) is 28.9 Å². The minimum Gasteiger partial charge on any atom is -0.492 e. The lowest BCUT2D eigenvalue weighted by molar-refractivity contribution is 0.314. The minimum atomic E-state index is 0.536. The molecule has 1 heterocycles. The number of nitrogens with zero attached hydrogens (tertiary/aromatic N) is 1. The summed E-state index contributed by atoms with van der Waals surface area (Å²) in [6.45, 7) is 5.35. The second kappa shape index (κ2) is 9.25. The van der Waals surface area contributed by atoms with Crippen LogP contribution in [0.15, 0.2) is 54.6 Å². The molecule has 4 rings (SSSR count). The Labute approximate surface area is 190 Å². The van der Waals surface area contributed by atoms with E-state index in [9.17, 15) is 0 Å². The van der Waals surface area contributed by atoms with Gasteiger partial charge in [0.1, 0.15) is 10.8 Å². The molecule has 3 aromatic carbocycles. The standard InChI is InChI=1S/C24H22Cl2N2OS/c1-3-10-29-23-17(12-18(25)13-20(23)26)14-27-19-7-5-16(6-8-19)24-28-21-9-4-15(2)11-22(21)30-24/h4-9,11-13,27H,3,10,14H2,1-2H3. The number of hydrogen-bond acceptors (Lipinski definition) is 4. The van der Waals surface area contributed by atoms with Crippen LogP contribution in [0.2, 0.25) is 10.0 Å². The summed E-state index contributed by atoms with van der Waals surface area (Å²) in [6.07, 6.45) is 0.915. The van der Waals surface area contributed by atoms with Gasteiger partial charge in [0.25, 0.3) is 0 Å². The number of aromatic nitrogens is 1. The van der Waals surface area contributed by atoms with Gasteiger partial charge in [-0.3, -0.25) is 0 Å². The summed E-state index contributed by atoms with van der Waals surface area (Å²) >= 11 is 14.3. The average Bonchev–Trinajstić information content (AvgIpc) is 3.15. The number of benzene rings is 3. The fourth-order valence-electron chi connectivity index (χ4n) is 3.19. The molecule has 0 aliphatic rings. The molecule has 1 aromatic heterocycles. The number of ether oxygens (including phenoxy) is 1. The number of nitrogens with one attached hydrogen (secondary N) is 1. The van der Waals surface area contributed by atoms with Crippen molar-refractivity contribution in [3.05, 3.63) is 75.8 Å². The van der Waals surface area contributed by atoms with Crippen LogP contribution < -0.4 is 10.1 Å². The van der Waals surface area contributed by atoms with Crippen molar-refractivity contribution in [1.82, 2.24) is 4.98 Å². The Hall–Kier alpha value is -2.27. The first-order valence-corrected chi connectivity index (χ1v) is 11.4. The maximum Gasteiger partial charge on any atom is 0.142 e.